The van der Waals surface area contributed by atoms with Gasteiger partial charge in [0.25, 0.3) is 0 Å². The van der Waals surface area contributed by atoms with Gasteiger partial charge in [0.05, 0.1) is 6.61 Å². The van der Waals surface area contributed by atoms with Crippen LogP contribution in [0.2, 0.25) is 0 Å². The average molecular weight is 138 g/mol. The van der Waals surface area contributed by atoms with Gasteiger partial charge in [0.2, 0.25) is 0 Å². The Kier molecular flexibility index (Phi) is 3.23. The summed E-state index contributed by atoms with van der Waals surface area (Å²) in [5.41, 5.74) is 1.39. The third-order valence-electron chi connectivity index (χ3n) is 1.76. The van der Waals surface area contributed by atoms with Crippen LogP contribution in [0.3, 0.4) is 0 Å². The first-order chi connectivity index (χ1) is 4.93. The van der Waals surface area contributed by atoms with Crippen molar-refractivity contribution in [1.82, 2.24) is 0 Å². The summed E-state index contributed by atoms with van der Waals surface area (Å²) in [6.07, 6.45) is 11.1. The molecule has 0 bridgehead atoms. The zero-order chi connectivity index (χ0) is 7.23. The van der Waals surface area contributed by atoms with E-state index in [2.05, 4.69) is 6.08 Å². The summed E-state index contributed by atoms with van der Waals surface area (Å²) in [6.45, 7) is 0.164. The molecule has 1 rings (SSSR count). The van der Waals surface area contributed by atoms with Crippen molar-refractivity contribution in [1.29, 1.82) is 0 Å². The summed E-state index contributed by atoms with van der Waals surface area (Å²) >= 11 is 0. The van der Waals surface area contributed by atoms with Gasteiger partial charge in [-0.2, -0.15) is 0 Å². The molecule has 0 heterocycles. The van der Waals surface area contributed by atoms with Gasteiger partial charge in [0.1, 0.15) is 0 Å². The lowest BCUT2D eigenvalue weighted by molar-refractivity contribution is 0.342. The van der Waals surface area contributed by atoms with Crippen LogP contribution in [0.25, 0.3) is 0 Å². The van der Waals surface area contributed by atoms with Gasteiger partial charge in [0.15, 0.2) is 0 Å². The van der Waals surface area contributed by atoms with E-state index in [1.165, 1.54) is 31.3 Å². The third kappa shape index (κ3) is 2.36. The molecule has 0 spiro atoms. The van der Waals surface area contributed by atoms with Crippen LogP contribution in [0.4, 0.5) is 0 Å². The molecule has 0 aromatic rings. The second-order valence-corrected chi connectivity index (χ2v) is 2.61. The van der Waals surface area contributed by atoms with Crippen molar-refractivity contribution in [2.45, 2.75) is 25.7 Å². The van der Waals surface area contributed by atoms with E-state index in [9.17, 15) is 0 Å². The lowest BCUT2D eigenvalue weighted by Crippen LogP contribution is -1.88. The molecule has 1 aliphatic rings. The maximum absolute atomic E-state index is 8.48. The van der Waals surface area contributed by atoms with Crippen LogP contribution in [-0.2, 0) is 0 Å². The maximum Gasteiger partial charge on any atom is 0.0615 e. The molecule has 0 unspecified atom stereocenters. The van der Waals surface area contributed by atoms with Crippen molar-refractivity contribution in [2.24, 2.45) is 0 Å². The monoisotopic (exact) mass is 138 g/mol. The molecule has 0 aromatic heterocycles. The minimum Gasteiger partial charge on any atom is -0.392 e. The molecule has 0 atom stereocenters. The van der Waals surface area contributed by atoms with E-state index in [4.69, 9.17) is 5.11 Å². The Morgan fingerprint density at radius 3 is 3.00 bits per heavy atom. The van der Waals surface area contributed by atoms with Gasteiger partial charge in [-0.05, 0) is 25.7 Å². The van der Waals surface area contributed by atoms with Crippen molar-refractivity contribution in [3.63, 3.8) is 0 Å². The highest BCUT2D eigenvalue weighted by atomic mass is 16.2. The van der Waals surface area contributed by atoms with Gasteiger partial charge < -0.3 is 5.11 Å². The fourth-order valence-electron chi connectivity index (χ4n) is 1.22. The zero-order valence-corrected chi connectivity index (χ0v) is 6.21. The second kappa shape index (κ2) is 4.29. The van der Waals surface area contributed by atoms with E-state index < -0.39 is 0 Å². The van der Waals surface area contributed by atoms with Gasteiger partial charge in [-0.3, -0.25) is 0 Å². The molecule has 0 aromatic carbocycles. The zero-order valence-electron chi connectivity index (χ0n) is 6.21. The maximum atomic E-state index is 8.48. The summed E-state index contributed by atoms with van der Waals surface area (Å²) < 4.78 is 0. The van der Waals surface area contributed by atoms with Crippen LogP contribution in [0.15, 0.2) is 23.8 Å². The Labute approximate surface area is 62.1 Å². The molecule has 56 valence electrons. The molecule has 1 N–H and O–H groups in total. The first kappa shape index (κ1) is 7.55. The van der Waals surface area contributed by atoms with Gasteiger partial charge in [0, 0.05) is 0 Å². The minimum atomic E-state index is 0.164. The van der Waals surface area contributed by atoms with E-state index in [1.54, 1.807) is 6.08 Å². The number of allylic oxidation sites excluding steroid dienone is 3. The van der Waals surface area contributed by atoms with Crippen molar-refractivity contribution in [3.8, 4) is 0 Å². The number of hydrogen-bond acceptors (Lipinski definition) is 1. The van der Waals surface area contributed by atoms with Crippen molar-refractivity contribution >= 4 is 0 Å². The Morgan fingerprint density at radius 2 is 2.40 bits per heavy atom. The first-order valence-corrected chi connectivity index (χ1v) is 3.90. The van der Waals surface area contributed by atoms with Crippen LogP contribution < -0.4 is 0 Å². The normalized spacial score (nSPS) is 19.5. The standard InChI is InChI=1S/C9H14O/c10-8-4-7-9-5-2-1-3-6-9/h4-5,7,10H,1-3,6,8H2/b7-4+. The lowest BCUT2D eigenvalue weighted by Gasteiger charge is -2.07. The van der Waals surface area contributed by atoms with Gasteiger partial charge in [-0.1, -0.05) is 23.8 Å². The number of aliphatic hydroxyl groups is 1. The Balaban J connectivity index is 2.38. The molecule has 0 aliphatic heterocycles. The summed E-state index contributed by atoms with van der Waals surface area (Å²) in [5, 5.41) is 8.48. The highest BCUT2D eigenvalue weighted by Gasteiger charge is 1.98. The Bertz CT molecular complexity index is 145. The SMILES string of the molecule is OC/C=C/C1=CCCCC1. The highest BCUT2D eigenvalue weighted by Crippen LogP contribution is 2.17. The first-order valence-electron chi connectivity index (χ1n) is 3.90. The number of aliphatic hydroxyl groups excluding tert-OH is 1. The molecular formula is C9H14O. The highest BCUT2D eigenvalue weighted by molar-refractivity contribution is 5.19. The molecule has 1 nitrogen and oxygen atoms in total. The van der Waals surface area contributed by atoms with Crippen LogP contribution in [0.5, 0.6) is 0 Å². The largest absolute Gasteiger partial charge is 0.392 e. The van der Waals surface area contributed by atoms with Crippen molar-refractivity contribution < 1.29 is 5.11 Å². The Hall–Kier alpha value is -0.560. The molecule has 10 heavy (non-hydrogen) atoms. The summed E-state index contributed by atoms with van der Waals surface area (Å²) in [5.74, 6) is 0. The minimum absolute atomic E-state index is 0.164. The smallest absolute Gasteiger partial charge is 0.0615 e. The summed E-state index contributed by atoms with van der Waals surface area (Å²) in [6, 6.07) is 0. The molecule has 1 heteroatoms. The van der Waals surface area contributed by atoms with Crippen molar-refractivity contribution in [2.75, 3.05) is 6.61 Å². The molecule has 0 fully saturated rings. The van der Waals surface area contributed by atoms with E-state index in [0.29, 0.717) is 0 Å². The van der Waals surface area contributed by atoms with E-state index in [0.717, 1.165) is 0 Å². The molecular weight excluding hydrogens is 124 g/mol. The van der Waals surface area contributed by atoms with Crippen LogP contribution in [0, 0.1) is 0 Å². The van der Waals surface area contributed by atoms with Crippen LogP contribution >= 0.6 is 0 Å². The topological polar surface area (TPSA) is 20.2 Å². The number of rotatable bonds is 2. The quantitative estimate of drug-likeness (QED) is 0.619. The fourth-order valence-corrected chi connectivity index (χ4v) is 1.22. The average Bonchev–Trinajstić information content (AvgIpc) is 2.03. The molecule has 0 radical (unpaired) electrons. The van der Waals surface area contributed by atoms with E-state index in [1.807, 2.05) is 6.08 Å². The predicted octanol–water partition coefficient (Wildman–Crippen LogP) is 2.04. The van der Waals surface area contributed by atoms with Gasteiger partial charge >= 0.3 is 0 Å². The van der Waals surface area contributed by atoms with Crippen LogP contribution in [0.1, 0.15) is 25.7 Å². The second-order valence-electron chi connectivity index (χ2n) is 2.61. The van der Waals surface area contributed by atoms with E-state index in [-0.39, 0.29) is 6.61 Å². The van der Waals surface area contributed by atoms with Gasteiger partial charge in [-0.15, -0.1) is 0 Å². The van der Waals surface area contributed by atoms with Gasteiger partial charge in [-0.25, -0.2) is 0 Å². The predicted molar refractivity (Wildman–Crippen MR) is 42.8 cm³/mol. The Morgan fingerprint density at radius 1 is 1.50 bits per heavy atom. The fraction of sp³-hybridized carbons (Fsp3) is 0.556. The molecule has 0 saturated carbocycles. The third-order valence-corrected chi connectivity index (χ3v) is 1.76. The molecule has 0 saturated heterocycles. The van der Waals surface area contributed by atoms with E-state index >= 15 is 0 Å². The summed E-state index contributed by atoms with van der Waals surface area (Å²) in [4.78, 5) is 0. The lowest BCUT2D eigenvalue weighted by atomic mass is 9.99. The molecule has 0 amide bonds. The molecule has 1 aliphatic carbocycles. The number of hydrogen-bond donors (Lipinski definition) is 1. The summed E-state index contributed by atoms with van der Waals surface area (Å²) in [7, 11) is 0. The van der Waals surface area contributed by atoms with Crippen LogP contribution in [-0.4, -0.2) is 11.7 Å². The van der Waals surface area contributed by atoms with Crippen molar-refractivity contribution in [3.05, 3.63) is 23.8 Å².